The molecule has 1 rings (SSSR count). The SMILES string of the molecule is CC/C(C)=C\C=C(/CC)Oc1ccc(C(=O)O)cc1. The Bertz CT molecular complexity index is 481. The predicted molar refractivity (Wildman–Crippen MR) is 76.5 cm³/mol. The van der Waals surface area contributed by atoms with Gasteiger partial charge >= 0.3 is 5.97 Å². The van der Waals surface area contributed by atoms with Crippen molar-refractivity contribution in [2.75, 3.05) is 0 Å². The normalized spacial score (nSPS) is 12.4. The van der Waals surface area contributed by atoms with Crippen molar-refractivity contribution in [2.24, 2.45) is 0 Å². The van der Waals surface area contributed by atoms with E-state index in [0.29, 0.717) is 5.75 Å². The third-order valence-corrected chi connectivity index (χ3v) is 2.81. The van der Waals surface area contributed by atoms with E-state index in [1.54, 1.807) is 12.1 Å². The Morgan fingerprint density at radius 1 is 1.16 bits per heavy atom. The summed E-state index contributed by atoms with van der Waals surface area (Å²) in [5.74, 6) is 0.579. The first-order chi connectivity index (χ1) is 9.06. The van der Waals surface area contributed by atoms with Crippen molar-refractivity contribution in [3.05, 3.63) is 53.3 Å². The molecule has 0 amide bonds. The predicted octanol–water partition coefficient (Wildman–Crippen LogP) is 4.41. The van der Waals surface area contributed by atoms with E-state index in [0.717, 1.165) is 18.6 Å². The van der Waals surface area contributed by atoms with Gasteiger partial charge in [-0.2, -0.15) is 0 Å². The summed E-state index contributed by atoms with van der Waals surface area (Å²) in [5.41, 5.74) is 1.55. The van der Waals surface area contributed by atoms with Crippen LogP contribution in [0.15, 0.2) is 47.7 Å². The molecule has 0 atom stereocenters. The molecule has 1 N–H and O–H groups in total. The van der Waals surface area contributed by atoms with Crippen LogP contribution in [0, 0.1) is 0 Å². The fraction of sp³-hybridized carbons (Fsp3) is 0.312. The molecule has 1 aromatic rings. The lowest BCUT2D eigenvalue weighted by atomic mass is 10.2. The monoisotopic (exact) mass is 260 g/mol. The summed E-state index contributed by atoms with van der Waals surface area (Å²) >= 11 is 0. The van der Waals surface area contributed by atoms with E-state index in [9.17, 15) is 4.79 Å². The number of carboxylic acids is 1. The van der Waals surface area contributed by atoms with Gasteiger partial charge in [0.05, 0.1) is 5.56 Å². The highest BCUT2D eigenvalue weighted by Gasteiger charge is 2.03. The molecular formula is C16H20O3. The molecule has 0 aliphatic heterocycles. The zero-order chi connectivity index (χ0) is 14.3. The first kappa shape index (κ1) is 15.0. The molecule has 19 heavy (non-hydrogen) atoms. The molecule has 1 aromatic carbocycles. The molecule has 0 aromatic heterocycles. The third-order valence-electron chi connectivity index (χ3n) is 2.81. The van der Waals surface area contributed by atoms with Gasteiger partial charge in [0, 0.05) is 6.42 Å². The standard InChI is InChI=1S/C16H20O3/c1-4-12(3)6-9-14(5-2)19-15-10-7-13(8-11-15)16(17)18/h6-11H,4-5H2,1-3H3,(H,17,18)/b12-6-,14-9+. The van der Waals surface area contributed by atoms with Crippen molar-refractivity contribution < 1.29 is 14.6 Å². The second-order valence-electron chi connectivity index (χ2n) is 4.28. The van der Waals surface area contributed by atoms with Gasteiger partial charge in [-0.05, 0) is 43.7 Å². The number of hydrogen-bond donors (Lipinski definition) is 1. The molecule has 3 nitrogen and oxygen atoms in total. The summed E-state index contributed by atoms with van der Waals surface area (Å²) in [6.07, 6.45) is 5.81. The molecule has 0 heterocycles. The summed E-state index contributed by atoms with van der Waals surface area (Å²) in [7, 11) is 0. The van der Waals surface area contributed by atoms with Gasteiger partial charge in [-0.25, -0.2) is 4.79 Å². The van der Waals surface area contributed by atoms with Crippen molar-refractivity contribution in [3.63, 3.8) is 0 Å². The summed E-state index contributed by atoms with van der Waals surface area (Å²) in [5, 5.41) is 8.82. The third kappa shape index (κ3) is 5.00. The number of ether oxygens (including phenoxy) is 1. The first-order valence-electron chi connectivity index (χ1n) is 6.44. The zero-order valence-electron chi connectivity index (χ0n) is 11.6. The number of carbonyl (C=O) groups is 1. The van der Waals surface area contributed by atoms with Crippen LogP contribution in [0.4, 0.5) is 0 Å². The molecule has 0 aliphatic rings. The second kappa shape index (κ2) is 7.41. The van der Waals surface area contributed by atoms with E-state index in [-0.39, 0.29) is 5.56 Å². The minimum Gasteiger partial charge on any atom is -0.478 e. The molecular weight excluding hydrogens is 240 g/mol. The van der Waals surface area contributed by atoms with E-state index in [1.165, 1.54) is 17.7 Å². The minimum absolute atomic E-state index is 0.260. The average Bonchev–Trinajstić information content (AvgIpc) is 2.43. The maximum absolute atomic E-state index is 10.7. The molecule has 3 heteroatoms. The van der Waals surface area contributed by atoms with Gasteiger partial charge in [-0.3, -0.25) is 0 Å². The molecule has 0 spiro atoms. The van der Waals surface area contributed by atoms with Crippen LogP contribution in [0.3, 0.4) is 0 Å². The smallest absolute Gasteiger partial charge is 0.335 e. The van der Waals surface area contributed by atoms with E-state index in [4.69, 9.17) is 9.84 Å². The first-order valence-corrected chi connectivity index (χ1v) is 6.44. The molecule has 0 fully saturated rings. The van der Waals surface area contributed by atoms with Crippen molar-refractivity contribution in [1.29, 1.82) is 0 Å². The maximum atomic E-state index is 10.7. The Labute approximate surface area is 114 Å². The van der Waals surface area contributed by atoms with Crippen LogP contribution in [-0.2, 0) is 0 Å². The Hall–Kier alpha value is -2.03. The van der Waals surface area contributed by atoms with Gasteiger partial charge in [0.1, 0.15) is 11.5 Å². The molecule has 0 unspecified atom stereocenters. The Morgan fingerprint density at radius 2 is 1.79 bits per heavy atom. The van der Waals surface area contributed by atoms with Crippen LogP contribution < -0.4 is 4.74 Å². The van der Waals surface area contributed by atoms with Crippen LogP contribution >= 0.6 is 0 Å². The van der Waals surface area contributed by atoms with Crippen LogP contribution in [0.25, 0.3) is 0 Å². The van der Waals surface area contributed by atoms with Crippen molar-refractivity contribution in [1.82, 2.24) is 0 Å². The van der Waals surface area contributed by atoms with Gasteiger partial charge < -0.3 is 9.84 Å². The van der Waals surface area contributed by atoms with Crippen LogP contribution in [0.2, 0.25) is 0 Å². The van der Waals surface area contributed by atoms with E-state index in [1.807, 2.05) is 19.1 Å². The molecule has 0 radical (unpaired) electrons. The molecule has 102 valence electrons. The fourth-order valence-corrected chi connectivity index (χ4v) is 1.39. The maximum Gasteiger partial charge on any atom is 0.335 e. The fourth-order valence-electron chi connectivity index (χ4n) is 1.39. The average molecular weight is 260 g/mol. The quantitative estimate of drug-likeness (QED) is 0.608. The number of rotatable bonds is 6. The summed E-state index contributed by atoms with van der Waals surface area (Å²) < 4.78 is 5.72. The lowest BCUT2D eigenvalue weighted by Crippen LogP contribution is -1.97. The molecule has 0 saturated carbocycles. The van der Waals surface area contributed by atoms with Crippen molar-refractivity contribution >= 4 is 5.97 Å². The summed E-state index contributed by atoms with van der Waals surface area (Å²) in [6.45, 7) is 6.20. The zero-order valence-corrected chi connectivity index (χ0v) is 11.6. The van der Waals surface area contributed by atoms with Gasteiger partial charge in [-0.15, -0.1) is 0 Å². The van der Waals surface area contributed by atoms with Crippen LogP contribution in [-0.4, -0.2) is 11.1 Å². The minimum atomic E-state index is -0.931. The lowest BCUT2D eigenvalue weighted by molar-refractivity contribution is 0.0697. The lowest BCUT2D eigenvalue weighted by Gasteiger charge is -2.08. The van der Waals surface area contributed by atoms with Gasteiger partial charge in [0.15, 0.2) is 0 Å². The Morgan fingerprint density at radius 3 is 2.26 bits per heavy atom. The number of benzene rings is 1. The van der Waals surface area contributed by atoms with E-state index >= 15 is 0 Å². The second-order valence-corrected chi connectivity index (χ2v) is 4.28. The van der Waals surface area contributed by atoms with Crippen molar-refractivity contribution in [3.8, 4) is 5.75 Å². The van der Waals surface area contributed by atoms with E-state index in [2.05, 4.69) is 13.8 Å². The van der Waals surface area contributed by atoms with Crippen LogP contribution in [0.5, 0.6) is 5.75 Å². The van der Waals surface area contributed by atoms with Crippen LogP contribution in [0.1, 0.15) is 44.0 Å². The molecule has 0 saturated heterocycles. The van der Waals surface area contributed by atoms with Gasteiger partial charge in [-0.1, -0.05) is 25.5 Å². The summed E-state index contributed by atoms with van der Waals surface area (Å²) in [4.78, 5) is 10.7. The Balaban J connectivity index is 2.78. The molecule has 0 aliphatic carbocycles. The highest BCUT2D eigenvalue weighted by Crippen LogP contribution is 2.17. The number of carboxylic acid groups (broad SMARTS) is 1. The Kier molecular flexibility index (Phi) is 5.86. The topological polar surface area (TPSA) is 46.5 Å². The number of aromatic carboxylic acids is 1. The largest absolute Gasteiger partial charge is 0.478 e. The van der Waals surface area contributed by atoms with Gasteiger partial charge in [0.25, 0.3) is 0 Å². The molecule has 0 bridgehead atoms. The number of allylic oxidation sites excluding steroid dienone is 4. The van der Waals surface area contributed by atoms with Gasteiger partial charge in [0.2, 0.25) is 0 Å². The highest BCUT2D eigenvalue weighted by molar-refractivity contribution is 5.87. The number of hydrogen-bond acceptors (Lipinski definition) is 2. The highest BCUT2D eigenvalue weighted by atomic mass is 16.5. The summed E-state index contributed by atoms with van der Waals surface area (Å²) in [6, 6.07) is 6.42. The van der Waals surface area contributed by atoms with E-state index < -0.39 is 5.97 Å². The van der Waals surface area contributed by atoms with Crippen molar-refractivity contribution in [2.45, 2.75) is 33.6 Å².